The summed E-state index contributed by atoms with van der Waals surface area (Å²) in [5, 5.41) is 9.52. The molecule has 0 amide bonds. The molecule has 2 aromatic heterocycles. The first kappa shape index (κ1) is 25.4. The average Bonchev–Trinajstić information content (AvgIpc) is 3.19. The maximum atomic E-state index is 12.3. The summed E-state index contributed by atoms with van der Waals surface area (Å²) in [6.45, 7) is 4.45. The van der Waals surface area contributed by atoms with Gasteiger partial charge in [-0.15, -0.1) is 0 Å². The first-order chi connectivity index (χ1) is 17.3. The maximum Gasteiger partial charge on any atom is 0.336 e. The summed E-state index contributed by atoms with van der Waals surface area (Å²) in [6.07, 6.45) is 3.30. The van der Waals surface area contributed by atoms with Crippen LogP contribution in [0.2, 0.25) is 0 Å². The number of carbonyl (C=O) groups is 1. The Morgan fingerprint density at radius 2 is 1.72 bits per heavy atom. The van der Waals surface area contributed by atoms with Crippen LogP contribution in [0.3, 0.4) is 0 Å². The van der Waals surface area contributed by atoms with E-state index in [-0.39, 0.29) is 17.1 Å². The number of carboxylic acids is 1. The molecule has 36 heavy (non-hydrogen) atoms. The zero-order chi connectivity index (χ0) is 25.7. The molecule has 0 atom stereocenters. The molecule has 8 nitrogen and oxygen atoms in total. The number of fused-ring (bicyclic) bond motifs is 1. The van der Waals surface area contributed by atoms with Crippen LogP contribution < -0.4 is 4.72 Å². The molecule has 0 aliphatic rings. The van der Waals surface area contributed by atoms with Gasteiger partial charge in [0.25, 0.3) is 0 Å². The van der Waals surface area contributed by atoms with E-state index in [1.165, 1.54) is 0 Å². The Bertz CT molecular complexity index is 1480. The molecule has 9 heteroatoms. The van der Waals surface area contributed by atoms with Crippen molar-refractivity contribution in [3.63, 3.8) is 0 Å². The number of hydrogen-bond acceptors (Lipinski definition) is 5. The number of pyridine rings is 1. The Balaban J connectivity index is 1.68. The van der Waals surface area contributed by atoms with Gasteiger partial charge in [-0.3, -0.25) is 4.72 Å². The topological polar surface area (TPSA) is 114 Å². The van der Waals surface area contributed by atoms with Gasteiger partial charge in [0.15, 0.2) is 5.65 Å². The molecule has 0 aliphatic heterocycles. The van der Waals surface area contributed by atoms with Gasteiger partial charge >= 0.3 is 5.97 Å². The van der Waals surface area contributed by atoms with E-state index in [2.05, 4.69) is 16.6 Å². The number of hydrogen-bond donors (Lipinski definition) is 2. The monoisotopic (exact) mass is 506 g/mol. The van der Waals surface area contributed by atoms with Crippen molar-refractivity contribution in [1.29, 1.82) is 0 Å². The minimum atomic E-state index is -3.46. The van der Waals surface area contributed by atoms with Crippen LogP contribution in [0.25, 0.3) is 22.3 Å². The van der Waals surface area contributed by atoms with E-state index in [0.29, 0.717) is 29.7 Å². The van der Waals surface area contributed by atoms with Crippen molar-refractivity contribution in [3.8, 4) is 11.1 Å². The fourth-order valence-electron chi connectivity index (χ4n) is 4.17. The predicted molar refractivity (Wildman–Crippen MR) is 142 cm³/mol. The highest BCUT2D eigenvalue weighted by molar-refractivity contribution is 7.92. The minimum Gasteiger partial charge on any atom is -0.478 e. The molecule has 4 aromatic rings. The van der Waals surface area contributed by atoms with E-state index in [1.54, 1.807) is 30.3 Å². The van der Waals surface area contributed by atoms with Gasteiger partial charge in [0.1, 0.15) is 17.2 Å². The van der Waals surface area contributed by atoms with Crippen molar-refractivity contribution in [2.45, 2.75) is 46.1 Å². The third-order valence-electron chi connectivity index (χ3n) is 5.92. The fraction of sp³-hybridized carbons (Fsp3) is 0.296. The number of nitrogens with one attached hydrogen (secondary N) is 1. The Labute approximate surface area is 211 Å². The highest BCUT2D eigenvalue weighted by atomic mass is 32.2. The highest BCUT2D eigenvalue weighted by Gasteiger charge is 2.16. The number of rotatable bonds is 11. The predicted octanol–water partition coefficient (Wildman–Crippen LogP) is 5.34. The van der Waals surface area contributed by atoms with Crippen molar-refractivity contribution < 1.29 is 18.3 Å². The molecule has 0 unspecified atom stereocenters. The van der Waals surface area contributed by atoms with Gasteiger partial charge < -0.3 is 9.67 Å². The van der Waals surface area contributed by atoms with Crippen LogP contribution in [0.15, 0.2) is 60.7 Å². The molecule has 0 spiro atoms. The molecule has 4 rings (SSSR count). The van der Waals surface area contributed by atoms with Gasteiger partial charge in [-0.1, -0.05) is 62.7 Å². The van der Waals surface area contributed by atoms with Crippen molar-refractivity contribution in [2.75, 3.05) is 10.5 Å². The molecule has 2 N–H and O–H groups in total. The summed E-state index contributed by atoms with van der Waals surface area (Å²) >= 11 is 0. The van der Waals surface area contributed by atoms with E-state index in [9.17, 15) is 18.3 Å². The average molecular weight is 507 g/mol. The van der Waals surface area contributed by atoms with Gasteiger partial charge in [-0.2, -0.15) is 0 Å². The second-order valence-corrected chi connectivity index (χ2v) is 10.6. The van der Waals surface area contributed by atoms with Gasteiger partial charge in [0, 0.05) is 6.42 Å². The minimum absolute atomic E-state index is 0.0328. The molecule has 0 aliphatic carbocycles. The van der Waals surface area contributed by atoms with E-state index >= 15 is 0 Å². The molecule has 0 saturated heterocycles. The second kappa shape index (κ2) is 10.9. The normalized spacial score (nSPS) is 11.6. The van der Waals surface area contributed by atoms with Gasteiger partial charge in [0.05, 0.1) is 17.9 Å². The van der Waals surface area contributed by atoms with Gasteiger partial charge in [0.2, 0.25) is 10.0 Å². The molecular weight excluding hydrogens is 476 g/mol. The summed E-state index contributed by atoms with van der Waals surface area (Å²) in [6, 6.07) is 18.2. The Morgan fingerprint density at radius 1 is 0.972 bits per heavy atom. The van der Waals surface area contributed by atoms with Gasteiger partial charge in [-0.05, 0) is 47.7 Å². The SMILES string of the molecule is CCCCc1nc2ccc(NS(=O)(=O)CCC)nc2n1Cc1ccc(-c2ccccc2C(=O)O)cc1. The maximum absolute atomic E-state index is 12.3. The molecule has 2 heterocycles. The fourth-order valence-corrected chi connectivity index (χ4v) is 5.24. The molecule has 0 saturated carbocycles. The summed E-state index contributed by atoms with van der Waals surface area (Å²) in [4.78, 5) is 21.0. The number of unbranched alkanes of at least 4 members (excludes halogenated alkanes) is 1. The molecule has 0 fully saturated rings. The number of aryl methyl sites for hydroxylation is 1. The Kier molecular flexibility index (Phi) is 7.69. The van der Waals surface area contributed by atoms with E-state index in [0.717, 1.165) is 36.2 Å². The lowest BCUT2D eigenvalue weighted by Gasteiger charge is -2.11. The third kappa shape index (κ3) is 5.73. The highest BCUT2D eigenvalue weighted by Crippen LogP contribution is 2.26. The van der Waals surface area contributed by atoms with Crippen LogP contribution in [0.5, 0.6) is 0 Å². The van der Waals surface area contributed by atoms with Crippen molar-refractivity contribution in [2.24, 2.45) is 0 Å². The lowest BCUT2D eigenvalue weighted by Crippen LogP contribution is -2.17. The number of imidazole rings is 1. The van der Waals surface area contributed by atoms with Crippen LogP contribution in [-0.2, 0) is 23.0 Å². The summed E-state index contributed by atoms with van der Waals surface area (Å²) in [5.41, 5.74) is 4.09. The van der Waals surface area contributed by atoms with E-state index in [4.69, 9.17) is 4.98 Å². The lowest BCUT2D eigenvalue weighted by atomic mass is 9.99. The number of carboxylic acid groups (broad SMARTS) is 1. The van der Waals surface area contributed by atoms with Crippen LogP contribution >= 0.6 is 0 Å². The van der Waals surface area contributed by atoms with Crippen LogP contribution in [0.4, 0.5) is 5.82 Å². The number of aromatic carboxylic acids is 1. The first-order valence-corrected chi connectivity index (χ1v) is 13.7. The van der Waals surface area contributed by atoms with Crippen LogP contribution in [-0.4, -0.2) is 39.8 Å². The number of aromatic nitrogens is 3. The summed E-state index contributed by atoms with van der Waals surface area (Å²) in [7, 11) is -3.46. The van der Waals surface area contributed by atoms with Gasteiger partial charge in [-0.25, -0.2) is 23.2 Å². The van der Waals surface area contributed by atoms with Crippen LogP contribution in [0, 0.1) is 0 Å². The zero-order valence-corrected chi connectivity index (χ0v) is 21.3. The van der Waals surface area contributed by atoms with Crippen molar-refractivity contribution in [1.82, 2.24) is 14.5 Å². The Hall–Kier alpha value is -3.72. The molecular formula is C27H30N4O4S. The number of nitrogens with zero attached hydrogens (tertiary/aromatic N) is 3. The zero-order valence-electron chi connectivity index (χ0n) is 20.4. The smallest absolute Gasteiger partial charge is 0.336 e. The van der Waals surface area contributed by atoms with Crippen molar-refractivity contribution >= 4 is 33.0 Å². The number of sulfonamides is 1. The molecule has 188 valence electrons. The molecule has 0 bridgehead atoms. The standard InChI is InChI=1S/C27H30N4O4S/c1-3-5-10-25-28-23-15-16-24(30-36(34,35)17-4-2)29-26(23)31(25)18-19-11-13-20(14-12-19)21-8-6-7-9-22(21)27(32)33/h6-9,11-16H,3-5,10,17-18H2,1-2H3,(H,29,30)(H,32,33). The largest absolute Gasteiger partial charge is 0.478 e. The van der Waals surface area contributed by atoms with E-state index < -0.39 is 16.0 Å². The number of benzene rings is 2. The quantitative estimate of drug-likeness (QED) is 0.284. The summed E-state index contributed by atoms with van der Waals surface area (Å²) in [5.74, 6) is 0.245. The first-order valence-electron chi connectivity index (χ1n) is 12.1. The number of anilines is 1. The Morgan fingerprint density at radius 3 is 2.42 bits per heavy atom. The lowest BCUT2D eigenvalue weighted by molar-refractivity contribution is 0.0697. The van der Waals surface area contributed by atoms with Crippen molar-refractivity contribution in [3.05, 3.63) is 77.6 Å². The van der Waals surface area contributed by atoms with Crippen LogP contribution in [0.1, 0.15) is 54.9 Å². The third-order valence-corrected chi connectivity index (χ3v) is 7.39. The van der Waals surface area contributed by atoms with E-state index in [1.807, 2.05) is 41.8 Å². The molecule has 0 radical (unpaired) electrons. The molecule has 2 aromatic carbocycles. The second-order valence-electron chi connectivity index (χ2n) is 8.73. The summed E-state index contributed by atoms with van der Waals surface area (Å²) < 4.78 is 29.1.